The summed E-state index contributed by atoms with van der Waals surface area (Å²) in [5.41, 5.74) is 1.97. The Morgan fingerprint density at radius 1 is 1.02 bits per heavy atom. The molecule has 0 aliphatic carbocycles. The molecule has 3 rings (SSSR count). The summed E-state index contributed by atoms with van der Waals surface area (Å²) in [5, 5.41) is 2.50. The van der Waals surface area contributed by atoms with Crippen LogP contribution in [0.4, 0.5) is 4.39 Å². The lowest BCUT2D eigenvalue weighted by Crippen LogP contribution is -2.41. The van der Waals surface area contributed by atoms with Crippen molar-refractivity contribution in [2.75, 3.05) is 13.7 Å². The smallest absolute Gasteiger partial charge is 0.328 e. The van der Waals surface area contributed by atoms with Crippen LogP contribution in [0.5, 0.6) is 11.5 Å². The topological polar surface area (TPSA) is 113 Å². The van der Waals surface area contributed by atoms with E-state index in [9.17, 15) is 18.8 Å². The lowest BCUT2D eigenvalue weighted by atomic mass is 10.2. The molecule has 3 aromatic rings. The van der Waals surface area contributed by atoms with E-state index in [0.717, 1.165) is 11.1 Å². The Labute approximate surface area is 235 Å². The van der Waals surface area contributed by atoms with Crippen LogP contribution in [-0.4, -0.2) is 48.7 Å². The number of nitrogens with zero attached hydrogens (tertiary/aromatic N) is 1. The molecule has 1 aromatic heterocycles. The molecule has 1 N–H and O–H groups in total. The molecule has 1 amide bonds. The van der Waals surface area contributed by atoms with Crippen molar-refractivity contribution in [3.8, 4) is 11.5 Å². The molecule has 0 aliphatic rings. The van der Waals surface area contributed by atoms with E-state index < -0.39 is 30.0 Å². The summed E-state index contributed by atoms with van der Waals surface area (Å²) in [4.78, 5) is 40.3. The van der Waals surface area contributed by atoms with E-state index in [1.165, 1.54) is 45.4 Å². The summed E-state index contributed by atoms with van der Waals surface area (Å²) in [6.45, 7) is 7.26. The minimum absolute atomic E-state index is 0. The van der Waals surface area contributed by atoms with E-state index in [1.54, 1.807) is 19.1 Å². The lowest BCUT2D eigenvalue weighted by Gasteiger charge is -2.18. The van der Waals surface area contributed by atoms with Gasteiger partial charge in [0.1, 0.15) is 18.0 Å². The van der Waals surface area contributed by atoms with Gasteiger partial charge in [0.15, 0.2) is 11.4 Å². The number of benzene rings is 2. The van der Waals surface area contributed by atoms with E-state index in [1.807, 2.05) is 37.3 Å². The van der Waals surface area contributed by atoms with Crippen molar-refractivity contribution in [3.63, 3.8) is 0 Å². The first-order chi connectivity index (χ1) is 19.1. The Hall–Kier alpha value is -4.31. The number of pyridine rings is 1. The average Bonchev–Trinajstić information content (AvgIpc) is 2.93. The molecular formula is C30H37FN2O7. The third-order valence-corrected chi connectivity index (χ3v) is 5.36. The van der Waals surface area contributed by atoms with Crippen LogP contribution in [-0.2, 0) is 25.7 Å². The summed E-state index contributed by atoms with van der Waals surface area (Å²) >= 11 is 0. The normalized spacial score (nSPS) is 11.8. The fourth-order valence-electron chi connectivity index (χ4n) is 3.23. The highest BCUT2D eigenvalue weighted by Gasteiger charge is 2.25. The molecule has 2 aromatic carbocycles. The maximum Gasteiger partial charge on any atom is 0.328 e. The molecule has 0 bridgehead atoms. The molecule has 0 spiro atoms. The van der Waals surface area contributed by atoms with Gasteiger partial charge in [-0.25, -0.2) is 14.2 Å². The van der Waals surface area contributed by atoms with Gasteiger partial charge in [-0.15, -0.1) is 0 Å². The number of aromatic nitrogens is 1. The molecule has 1 heterocycles. The fourth-order valence-corrected chi connectivity index (χ4v) is 3.23. The number of carbonyl (C=O) groups excluding carboxylic acids is 3. The number of ether oxygens (including phenoxy) is 4. The highest BCUT2D eigenvalue weighted by Crippen LogP contribution is 2.29. The summed E-state index contributed by atoms with van der Waals surface area (Å²) < 4.78 is 33.2. The number of rotatable bonds is 11. The van der Waals surface area contributed by atoms with Crippen molar-refractivity contribution in [3.05, 3.63) is 89.5 Å². The Kier molecular flexibility index (Phi) is 13.2. The average molecular weight is 557 g/mol. The van der Waals surface area contributed by atoms with Crippen LogP contribution < -0.4 is 14.8 Å². The Balaban J connectivity index is 0.000000801. The van der Waals surface area contributed by atoms with Gasteiger partial charge in [0.2, 0.25) is 5.75 Å². The molecule has 10 heteroatoms. The van der Waals surface area contributed by atoms with Gasteiger partial charge in [-0.1, -0.05) is 48.0 Å². The molecule has 0 fully saturated rings. The molecule has 0 saturated carbocycles. The van der Waals surface area contributed by atoms with E-state index in [2.05, 4.69) is 10.3 Å². The number of halogens is 1. The summed E-state index contributed by atoms with van der Waals surface area (Å²) in [6.07, 6.45) is 1.44. The monoisotopic (exact) mass is 556 g/mol. The van der Waals surface area contributed by atoms with Crippen LogP contribution in [0.3, 0.4) is 0 Å². The summed E-state index contributed by atoms with van der Waals surface area (Å²) in [5.74, 6) is -2.07. The van der Waals surface area contributed by atoms with Gasteiger partial charge in [0.05, 0.1) is 20.3 Å². The molecule has 0 unspecified atom stereocenters. The molecule has 0 aliphatic heterocycles. The van der Waals surface area contributed by atoms with Crippen LogP contribution >= 0.6 is 0 Å². The Morgan fingerprint density at radius 3 is 2.30 bits per heavy atom. The number of amides is 1. The number of aryl methyl sites for hydroxylation is 1. The van der Waals surface area contributed by atoms with Crippen molar-refractivity contribution in [1.29, 1.82) is 0 Å². The molecule has 40 heavy (non-hydrogen) atoms. The van der Waals surface area contributed by atoms with Crippen molar-refractivity contribution >= 4 is 17.8 Å². The second kappa shape index (κ2) is 16.6. The van der Waals surface area contributed by atoms with Crippen molar-refractivity contribution in [2.24, 2.45) is 0 Å². The lowest BCUT2D eigenvalue weighted by molar-refractivity contribution is -0.151. The first-order valence-corrected chi connectivity index (χ1v) is 12.7. The van der Waals surface area contributed by atoms with Crippen LogP contribution in [0.25, 0.3) is 0 Å². The molecule has 2 atom stereocenters. The minimum atomic E-state index is -0.951. The van der Waals surface area contributed by atoms with Crippen LogP contribution in [0.2, 0.25) is 0 Å². The SMILES string of the molecule is COc1ccnc(C(=O)N[C@@H](C)C(=O)O[C@@H](C)CCOCc2ccccc2)c1OC(C)=O.Cc1ccc(F)cc1.[HH]. The van der Waals surface area contributed by atoms with Gasteiger partial charge in [0, 0.05) is 27.0 Å². The minimum Gasteiger partial charge on any atom is -0.493 e. The van der Waals surface area contributed by atoms with Gasteiger partial charge in [-0.05, 0) is 38.5 Å². The molecule has 0 saturated heterocycles. The highest BCUT2D eigenvalue weighted by atomic mass is 19.1. The van der Waals surface area contributed by atoms with Crippen molar-refractivity contribution in [2.45, 2.75) is 52.9 Å². The van der Waals surface area contributed by atoms with E-state index in [-0.39, 0.29) is 24.4 Å². The maximum absolute atomic E-state index is 12.6. The number of nitrogens with one attached hydrogen (secondary N) is 1. The number of carbonyl (C=O) groups is 3. The number of methoxy groups -OCH3 is 1. The van der Waals surface area contributed by atoms with Crippen LogP contribution in [0.15, 0.2) is 66.9 Å². The summed E-state index contributed by atoms with van der Waals surface area (Å²) in [6, 6.07) is 16.7. The third-order valence-electron chi connectivity index (χ3n) is 5.36. The third kappa shape index (κ3) is 11.2. The quantitative estimate of drug-likeness (QED) is 0.258. The predicted octanol–water partition coefficient (Wildman–Crippen LogP) is 5.05. The standard InChI is InChI=1S/C23H28N2O7.C7H7F.H2/c1-15(11-13-30-14-18-8-6-5-7-9-18)31-23(28)16(2)25-22(27)20-21(32-17(3)26)19(29-4)10-12-24-20;1-6-2-4-7(8)5-3-6;/h5-10,12,15-16H,11,13-14H2,1-4H3,(H,25,27);2-5H,1H3;1H/t15-,16-;;/m0../s1. The van der Waals surface area contributed by atoms with E-state index in [0.29, 0.717) is 19.6 Å². The number of hydrogen-bond acceptors (Lipinski definition) is 8. The van der Waals surface area contributed by atoms with Gasteiger partial charge in [0.25, 0.3) is 5.91 Å². The second-order valence-corrected chi connectivity index (χ2v) is 8.85. The largest absolute Gasteiger partial charge is 0.493 e. The van der Waals surface area contributed by atoms with E-state index >= 15 is 0 Å². The number of esters is 2. The van der Waals surface area contributed by atoms with Gasteiger partial charge >= 0.3 is 11.9 Å². The van der Waals surface area contributed by atoms with Gasteiger partial charge in [-0.2, -0.15) is 0 Å². The second-order valence-electron chi connectivity index (χ2n) is 8.85. The van der Waals surface area contributed by atoms with Crippen molar-refractivity contribution < 1.29 is 39.1 Å². The van der Waals surface area contributed by atoms with Gasteiger partial charge in [-0.3, -0.25) is 9.59 Å². The summed E-state index contributed by atoms with van der Waals surface area (Å²) in [7, 11) is 1.37. The Bertz CT molecular complexity index is 1220. The zero-order chi connectivity index (χ0) is 29.5. The molecular weight excluding hydrogens is 519 g/mol. The Morgan fingerprint density at radius 2 is 1.70 bits per heavy atom. The van der Waals surface area contributed by atoms with Crippen LogP contribution in [0, 0.1) is 12.7 Å². The number of hydrogen-bond donors (Lipinski definition) is 1. The van der Waals surface area contributed by atoms with Crippen molar-refractivity contribution in [1.82, 2.24) is 10.3 Å². The predicted molar refractivity (Wildman–Crippen MR) is 149 cm³/mol. The first kappa shape index (κ1) is 31.9. The highest BCUT2D eigenvalue weighted by molar-refractivity contribution is 5.98. The molecule has 9 nitrogen and oxygen atoms in total. The van der Waals surface area contributed by atoms with Crippen LogP contribution in [0.1, 0.15) is 50.2 Å². The van der Waals surface area contributed by atoms with Gasteiger partial charge < -0.3 is 24.3 Å². The first-order valence-electron chi connectivity index (χ1n) is 12.7. The molecule has 216 valence electrons. The fraction of sp³-hybridized carbons (Fsp3) is 0.333. The zero-order valence-electron chi connectivity index (χ0n) is 23.3. The zero-order valence-corrected chi connectivity index (χ0v) is 23.3. The van der Waals surface area contributed by atoms with E-state index in [4.69, 9.17) is 18.9 Å². The molecule has 0 radical (unpaired) electrons. The maximum atomic E-state index is 12.6.